The van der Waals surface area contributed by atoms with E-state index in [1.807, 2.05) is 0 Å². The van der Waals surface area contributed by atoms with Crippen LogP contribution in [0.3, 0.4) is 0 Å². The highest BCUT2D eigenvalue weighted by Crippen LogP contribution is 2.31. The number of phenolic OH excluding ortho intramolecular Hbond substituents is 1. The minimum atomic E-state index is -3.75. The summed E-state index contributed by atoms with van der Waals surface area (Å²) in [7, 11) is -2.45. The number of aromatic hydroxyl groups is 1. The van der Waals surface area contributed by atoms with E-state index in [-0.39, 0.29) is 33.3 Å². The standard InChI is InChI=1S/C18H19N3O7S/c1-28-17-7-4-12(21(24)25)10-14(17)18(23)19-15-11-13(5-6-16(15)22)29(26,27)20-8-2-3-9-20/h4-7,10-11,22H,2-3,8-9H2,1H3,(H,19,23). The van der Waals surface area contributed by atoms with Gasteiger partial charge in [0.25, 0.3) is 11.6 Å². The van der Waals surface area contributed by atoms with Gasteiger partial charge in [0.1, 0.15) is 11.5 Å². The molecule has 1 aliphatic heterocycles. The van der Waals surface area contributed by atoms with Gasteiger partial charge < -0.3 is 15.2 Å². The van der Waals surface area contributed by atoms with E-state index < -0.39 is 20.9 Å². The Bertz CT molecular complexity index is 1060. The van der Waals surface area contributed by atoms with Crippen molar-refractivity contribution in [1.29, 1.82) is 0 Å². The van der Waals surface area contributed by atoms with E-state index in [1.165, 1.54) is 35.7 Å². The fourth-order valence-corrected chi connectivity index (χ4v) is 4.57. The summed E-state index contributed by atoms with van der Waals surface area (Å²) in [6.45, 7) is 0.825. The van der Waals surface area contributed by atoms with Gasteiger partial charge in [0, 0.05) is 25.2 Å². The normalized spacial score (nSPS) is 14.5. The molecule has 1 amide bonds. The summed E-state index contributed by atoms with van der Waals surface area (Å²) < 4.78 is 31.8. The summed E-state index contributed by atoms with van der Waals surface area (Å²) in [5, 5.41) is 23.5. The van der Waals surface area contributed by atoms with Gasteiger partial charge in [-0.2, -0.15) is 4.31 Å². The summed E-state index contributed by atoms with van der Waals surface area (Å²) in [5.41, 5.74) is -0.580. The summed E-state index contributed by atoms with van der Waals surface area (Å²) in [4.78, 5) is 22.9. The molecule has 2 N–H and O–H groups in total. The summed E-state index contributed by atoms with van der Waals surface area (Å²) in [6, 6.07) is 7.09. The lowest BCUT2D eigenvalue weighted by atomic mass is 10.1. The van der Waals surface area contributed by atoms with E-state index in [4.69, 9.17) is 4.74 Å². The van der Waals surface area contributed by atoms with Crippen LogP contribution in [0.4, 0.5) is 11.4 Å². The van der Waals surface area contributed by atoms with Crippen molar-refractivity contribution >= 4 is 27.3 Å². The Balaban J connectivity index is 1.93. The lowest BCUT2D eigenvalue weighted by Crippen LogP contribution is -2.28. The number of rotatable bonds is 6. The maximum atomic E-state index is 12.7. The largest absolute Gasteiger partial charge is 0.506 e. The first-order valence-electron chi connectivity index (χ1n) is 8.71. The lowest BCUT2D eigenvalue weighted by Gasteiger charge is -2.17. The molecule has 1 heterocycles. The highest BCUT2D eigenvalue weighted by Gasteiger charge is 2.28. The maximum Gasteiger partial charge on any atom is 0.270 e. The molecule has 0 unspecified atom stereocenters. The Morgan fingerprint density at radius 3 is 2.52 bits per heavy atom. The topological polar surface area (TPSA) is 139 Å². The molecular formula is C18H19N3O7S. The van der Waals surface area contributed by atoms with Gasteiger partial charge in [-0.15, -0.1) is 0 Å². The Morgan fingerprint density at radius 2 is 1.90 bits per heavy atom. The van der Waals surface area contributed by atoms with Gasteiger partial charge in [-0.1, -0.05) is 0 Å². The molecule has 1 fully saturated rings. The van der Waals surface area contributed by atoms with Crippen molar-refractivity contribution in [1.82, 2.24) is 4.31 Å². The smallest absolute Gasteiger partial charge is 0.270 e. The fraction of sp³-hybridized carbons (Fsp3) is 0.278. The highest BCUT2D eigenvalue weighted by molar-refractivity contribution is 7.89. The zero-order valence-electron chi connectivity index (χ0n) is 15.5. The molecule has 0 spiro atoms. The Hall–Kier alpha value is -3.18. The van der Waals surface area contributed by atoms with Crippen molar-refractivity contribution in [3.63, 3.8) is 0 Å². The first kappa shape index (κ1) is 20.6. The first-order chi connectivity index (χ1) is 13.7. The molecular weight excluding hydrogens is 402 g/mol. The molecule has 0 saturated carbocycles. The van der Waals surface area contributed by atoms with E-state index in [0.29, 0.717) is 13.1 Å². The molecule has 11 heteroatoms. The number of hydrogen-bond acceptors (Lipinski definition) is 7. The van der Waals surface area contributed by atoms with Gasteiger partial charge in [-0.05, 0) is 37.1 Å². The van der Waals surface area contributed by atoms with Crippen LogP contribution in [-0.4, -0.2) is 48.9 Å². The van der Waals surface area contributed by atoms with Gasteiger partial charge in [0.15, 0.2) is 0 Å². The zero-order valence-corrected chi connectivity index (χ0v) is 16.3. The van der Waals surface area contributed by atoms with Crippen molar-refractivity contribution in [3.8, 4) is 11.5 Å². The number of ether oxygens (including phenoxy) is 1. The first-order valence-corrected chi connectivity index (χ1v) is 10.1. The van der Waals surface area contributed by atoms with Crippen LogP contribution in [0.2, 0.25) is 0 Å². The molecule has 154 valence electrons. The minimum absolute atomic E-state index is 0.0708. The number of benzene rings is 2. The summed E-state index contributed by atoms with van der Waals surface area (Å²) in [6.07, 6.45) is 1.54. The van der Waals surface area contributed by atoms with Gasteiger partial charge in [-0.3, -0.25) is 14.9 Å². The van der Waals surface area contributed by atoms with Gasteiger partial charge >= 0.3 is 0 Å². The monoisotopic (exact) mass is 421 g/mol. The molecule has 0 aromatic heterocycles. The Kier molecular flexibility index (Phi) is 5.71. The van der Waals surface area contributed by atoms with Crippen molar-refractivity contribution in [2.75, 3.05) is 25.5 Å². The van der Waals surface area contributed by atoms with Crippen LogP contribution in [0.1, 0.15) is 23.2 Å². The second kappa shape index (κ2) is 8.05. The van der Waals surface area contributed by atoms with Crippen molar-refractivity contribution in [3.05, 3.63) is 52.1 Å². The molecule has 1 saturated heterocycles. The van der Waals surface area contributed by atoms with Gasteiger partial charge in [-0.25, -0.2) is 8.42 Å². The number of nitro benzene ring substituents is 1. The lowest BCUT2D eigenvalue weighted by molar-refractivity contribution is -0.384. The van der Waals surface area contributed by atoms with Crippen molar-refractivity contribution in [2.45, 2.75) is 17.7 Å². The second-order valence-corrected chi connectivity index (χ2v) is 8.32. The number of non-ortho nitro benzene ring substituents is 1. The second-order valence-electron chi connectivity index (χ2n) is 6.39. The van der Waals surface area contributed by atoms with E-state index in [0.717, 1.165) is 25.0 Å². The number of anilines is 1. The highest BCUT2D eigenvalue weighted by atomic mass is 32.2. The Labute approximate surface area is 166 Å². The maximum absolute atomic E-state index is 12.7. The van der Waals surface area contributed by atoms with Gasteiger partial charge in [0.05, 0.1) is 28.2 Å². The van der Waals surface area contributed by atoms with Crippen LogP contribution in [0.5, 0.6) is 11.5 Å². The van der Waals surface area contributed by atoms with Crippen molar-refractivity contribution < 1.29 is 28.0 Å². The van der Waals surface area contributed by atoms with Crippen LogP contribution in [0.25, 0.3) is 0 Å². The molecule has 0 aliphatic carbocycles. The molecule has 3 rings (SSSR count). The number of hydrogen-bond donors (Lipinski definition) is 2. The number of nitro groups is 1. The van der Waals surface area contributed by atoms with Crippen molar-refractivity contribution in [2.24, 2.45) is 0 Å². The number of amides is 1. The molecule has 0 atom stereocenters. The van der Waals surface area contributed by atoms with E-state index in [2.05, 4.69) is 5.32 Å². The predicted octanol–water partition coefficient (Wildman–Crippen LogP) is 2.35. The average molecular weight is 421 g/mol. The quantitative estimate of drug-likeness (QED) is 0.414. The third-order valence-corrected chi connectivity index (χ3v) is 6.45. The number of sulfonamides is 1. The SMILES string of the molecule is COc1ccc([N+](=O)[O-])cc1C(=O)Nc1cc(S(=O)(=O)N2CCCC2)ccc1O. The number of phenols is 1. The molecule has 10 nitrogen and oxygen atoms in total. The molecule has 2 aromatic carbocycles. The summed E-state index contributed by atoms with van der Waals surface area (Å²) >= 11 is 0. The number of nitrogens with one attached hydrogen (secondary N) is 1. The molecule has 2 aromatic rings. The molecule has 0 radical (unpaired) electrons. The van der Waals surface area contributed by atoms with E-state index in [9.17, 15) is 28.4 Å². The summed E-state index contributed by atoms with van der Waals surface area (Å²) in [5.74, 6) is -1.05. The number of methoxy groups -OCH3 is 1. The predicted molar refractivity (Wildman–Crippen MR) is 104 cm³/mol. The molecule has 1 aliphatic rings. The number of carbonyl (C=O) groups is 1. The van der Waals surface area contributed by atoms with E-state index in [1.54, 1.807) is 0 Å². The van der Waals surface area contributed by atoms with Crippen LogP contribution < -0.4 is 10.1 Å². The van der Waals surface area contributed by atoms with Crippen LogP contribution >= 0.6 is 0 Å². The van der Waals surface area contributed by atoms with Crippen LogP contribution in [0.15, 0.2) is 41.3 Å². The third kappa shape index (κ3) is 4.15. The van der Waals surface area contributed by atoms with E-state index >= 15 is 0 Å². The fourth-order valence-electron chi connectivity index (χ4n) is 3.03. The van der Waals surface area contributed by atoms with Crippen LogP contribution in [-0.2, 0) is 10.0 Å². The zero-order chi connectivity index (χ0) is 21.2. The Morgan fingerprint density at radius 1 is 1.21 bits per heavy atom. The van der Waals surface area contributed by atoms with Gasteiger partial charge in [0.2, 0.25) is 10.0 Å². The molecule has 0 bridgehead atoms. The molecule has 29 heavy (non-hydrogen) atoms. The minimum Gasteiger partial charge on any atom is -0.506 e. The van der Waals surface area contributed by atoms with Crippen LogP contribution in [0, 0.1) is 10.1 Å². The third-order valence-electron chi connectivity index (χ3n) is 4.56. The number of nitrogens with zero attached hydrogens (tertiary/aromatic N) is 2. The number of carbonyl (C=O) groups excluding carboxylic acids is 1. The average Bonchev–Trinajstić information content (AvgIpc) is 3.24.